The number of H-pyrrole nitrogens is 1. The molecule has 0 aliphatic carbocycles. The van der Waals surface area contributed by atoms with E-state index in [9.17, 15) is 4.79 Å². The maximum atomic E-state index is 12.7. The number of hydrogen-bond donors (Lipinski definition) is 2. The minimum Gasteiger partial charge on any atom is -0.385 e. The summed E-state index contributed by atoms with van der Waals surface area (Å²) in [4.78, 5) is 22.8. The summed E-state index contributed by atoms with van der Waals surface area (Å²) in [5.74, 6) is 0.558. The van der Waals surface area contributed by atoms with Crippen molar-refractivity contribution in [2.45, 2.75) is 47.0 Å². The largest absolute Gasteiger partial charge is 0.385 e. The van der Waals surface area contributed by atoms with Gasteiger partial charge in [0, 0.05) is 54.8 Å². The molecule has 0 saturated heterocycles. The van der Waals surface area contributed by atoms with Gasteiger partial charge in [-0.2, -0.15) is 0 Å². The molecule has 0 aliphatic heterocycles. The van der Waals surface area contributed by atoms with Gasteiger partial charge in [-0.1, -0.05) is 26.8 Å². The Kier molecular flexibility index (Phi) is 7.38. The molecule has 0 atom stereocenters. The van der Waals surface area contributed by atoms with Crippen LogP contribution in [0.5, 0.6) is 0 Å². The molecular formula is C24H34N4O2S. The number of aryl methyl sites for hydroxylation is 2. The van der Waals surface area contributed by atoms with E-state index in [1.54, 1.807) is 12.5 Å². The van der Waals surface area contributed by atoms with Crippen molar-refractivity contribution in [2.75, 3.05) is 37.5 Å². The number of thiazole rings is 1. The van der Waals surface area contributed by atoms with Gasteiger partial charge in [0.15, 0.2) is 0 Å². The molecule has 0 fully saturated rings. The Morgan fingerprint density at radius 2 is 2.10 bits per heavy atom. The molecule has 0 saturated carbocycles. The van der Waals surface area contributed by atoms with E-state index in [0.717, 1.165) is 58.8 Å². The highest BCUT2D eigenvalue weighted by atomic mass is 32.1. The van der Waals surface area contributed by atoms with Crippen LogP contribution in [0.3, 0.4) is 0 Å². The molecule has 7 heteroatoms. The normalized spacial score (nSPS) is 11.8. The predicted octanol–water partition coefficient (Wildman–Crippen LogP) is 5.64. The molecular weight excluding hydrogens is 408 g/mol. The number of carbonyl (C=O) groups excluding carboxylic acids is 1. The Bertz CT molecular complexity index is 1030. The number of fused-ring (bicyclic) bond motifs is 1. The van der Waals surface area contributed by atoms with Gasteiger partial charge in [0.25, 0.3) is 5.91 Å². The van der Waals surface area contributed by atoms with Gasteiger partial charge in [-0.05, 0) is 43.7 Å². The zero-order chi connectivity index (χ0) is 22.6. The fourth-order valence-corrected chi connectivity index (χ4v) is 4.11. The van der Waals surface area contributed by atoms with Crippen molar-refractivity contribution in [3.8, 4) is 0 Å². The van der Waals surface area contributed by atoms with Crippen molar-refractivity contribution in [1.82, 2.24) is 9.97 Å². The molecule has 2 N–H and O–H groups in total. The number of methoxy groups -OCH3 is 1. The lowest BCUT2D eigenvalue weighted by atomic mass is 9.92. The first-order valence-corrected chi connectivity index (χ1v) is 11.6. The highest BCUT2D eigenvalue weighted by Crippen LogP contribution is 2.31. The van der Waals surface area contributed by atoms with E-state index in [2.05, 4.69) is 66.2 Å². The third-order valence-corrected chi connectivity index (χ3v) is 6.17. The number of amides is 1. The van der Waals surface area contributed by atoms with Gasteiger partial charge < -0.3 is 19.9 Å². The zero-order valence-electron chi connectivity index (χ0n) is 19.5. The van der Waals surface area contributed by atoms with Crippen LogP contribution in [-0.2, 0) is 11.2 Å². The van der Waals surface area contributed by atoms with Crippen molar-refractivity contribution < 1.29 is 9.53 Å². The molecule has 1 aromatic carbocycles. The van der Waals surface area contributed by atoms with Gasteiger partial charge in [-0.15, -0.1) is 11.3 Å². The highest BCUT2D eigenvalue weighted by Gasteiger charge is 2.18. The molecule has 168 valence electrons. The van der Waals surface area contributed by atoms with Crippen LogP contribution in [0.1, 0.15) is 54.7 Å². The Hall–Kier alpha value is -2.38. The molecule has 3 aromatic rings. The Morgan fingerprint density at radius 3 is 2.74 bits per heavy atom. The fourth-order valence-electron chi connectivity index (χ4n) is 3.52. The van der Waals surface area contributed by atoms with Crippen LogP contribution in [0.15, 0.2) is 23.6 Å². The lowest BCUT2D eigenvalue weighted by Crippen LogP contribution is -2.22. The molecule has 2 heterocycles. The number of nitrogens with zero attached hydrogens (tertiary/aromatic N) is 2. The molecule has 0 spiro atoms. The third-order valence-electron chi connectivity index (χ3n) is 5.39. The molecule has 0 unspecified atom stereocenters. The quantitative estimate of drug-likeness (QED) is 0.421. The second kappa shape index (κ2) is 9.83. The first-order valence-electron chi connectivity index (χ1n) is 10.8. The second-order valence-electron chi connectivity index (χ2n) is 9.24. The van der Waals surface area contributed by atoms with E-state index in [-0.39, 0.29) is 5.91 Å². The van der Waals surface area contributed by atoms with Crippen LogP contribution in [0.4, 0.5) is 11.5 Å². The number of carbonyl (C=O) groups is 1. The summed E-state index contributed by atoms with van der Waals surface area (Å²) in [5, 5.41) is 6.85. The average Bonchev–Trinajstić information content (AvgIpc) is 3.29. The maximum absolute atomic E-state index is 12.7. The van der Waals surface area contributed by atoms with Gasteiger partial charge in [0.05, 0.1) is 5.01 Å². The van der Waals surface area contributed by atoms with Gasteiger partial charge in [0.2, 0.25) is 0 Å². The summed E-state index contributed by atoms with van der Waals surface area (Å²) < 4.78 is 5.24. The zero-order valence-corrected chi connectivity index (χ0v) is 20.3. The SMILES string of the molecule is COCCCc1c(NC(=O)c2csc(C)n2)[nH]c2cc(N(C)CCC(C)(C)C)ccc12. The van der Waals surface area contributed by atoms with Crippen molar-refractivity contribution in [2.24, 2.45) is 5.41 Å². The summed E-state index contributed by atoms with van der Waals surface area (Å²) in [6, 6.07) is 6.48. The molecule has 0 aliphatic rings. The van der Waals surface area contributed by atoms with Gasteiger partial charge in [0.1, 0.15) is 11.5 Å². The number of aromatic nitrogens is 2. The van der Waals surface area contributed by atoms with E-state index < -0.39 is 0 Å². The Morgan fingerprint density at radius 1 is 1.32 bits per heavy atom. The average molecular weight is 443 g/mol. The molecule has 3 rings (SSSR count). The first kappa shape index (κ1) is 23.3. The minimum absolute atomic E-state index is 0.189. The van der Waals surface area contributed by atoms with E-state index in [1.807, 2.05) is 6.92 Å². The maximum Gasteiger partial charge on any atom is 0.276 e. The number of rotatable bonds is 9. The van der Waals surface area contributed by atoms with E-state index in [1.165, 1.54) is 11.3 Å². The van der Waals surface area contributed by atoms with Gasteiger partial charge >= 0.3 is 0 Å². The lowest BCUT2D eigenvalue weighted by Gasteiger charge is -2.25. The smallest absolute Gasteiger partial charge is 0.276 e. The molecule has 31 heavy (non-hydrogen) atoms. The number of benzene rings is 1. The van der Waals surface area contributed by atoms with Crippen LogP contribution in [-0.4, -0.2) is 43.2 Å². The third kappa shape index (κ3) is 6.08. The predicted molar refractivity (Wildman–Crippen MR) is 131 cm³/mol. The summed E-state index contributed by atoms with van der Waals surface area (Å²) in [5.41, 5.74) is 4.04. The van der Waals surface area contributed by atoms with Crippen molar-refractivity contribution in [3.63, 3.8) is 0 Å². The Labute approximate surface area is 189 Å². The van der Waals surface area contributed by atoms with Crippen molar-refractivity contribution in [3.05, 3.63) is 39.8 Å². The van der Waals surface area contributed by atoms with Crippen LogP contribution in [0, 0.1) is 12.3 Å². The topological polar surface area (TPSA) is 70.2 Å². The molecule has 6 nitrogen and oxygen atoms in total. The number of ether oxygens (including phenoxy) is 1. The van der Waals surface area contributed by atoms with Crippen LogP contribution in [0.25, 0.3) is 10.9 Å². The summed E-state index contributed by atoms with van der Waals surface area (Å²) >= 11 is 1.48. The second-order valence-corrected chi connectivity index (χ2v) is 10.3. The number of hydrogen-bond acceptors (Lipinski definition) is 5. The number of anilines is 2. The van der Waals surface area contributed by atoms with Crippen LogP contribution in [0.2, 0.25) is 0 Å². The van der Waals surface area contributed by atoms with Gasteiger partial charge in [-0.25, -0.2) is 4.98 Å². The van der Waals surface area contributed by atoms with E-state index in [4.69, 9.17) is 4.74 Å². The molecule has 2 aromatic heterocycles. The van der Waals surface area contributed by atoms with Gasteiger partial charge in [-0.3, -0.25) is 4.79 Å². The Balaban J connectivity index is 1.88. The molecule has 0 radical (unpaired) electrons. The summed E-state index contributed by atoms with van der Waals surface area (Å²) in [7, 11) is 3.84. The summed E-state index contributed by atoms with van der Waals surface area (Å²) in [6.45, 7) is 10.4. The monoisotopic (exact) mass is 442 g/mol. The molecule has 1 amide bonds. The fraction of sp³-hybridized carbons (Fsp3) is 0.500. The minimum atomic E-state index is -0.189. The van der Waals surface area contributed by atoms with Crippen molar-refractivity contribution in [1.29, 1.82) is 0 Å². The van der Waals surface area contributed by atoms with Crippen LogP contribution < -0.4 is 10.2 Å². The van der Waals surface area contributed by atoms with E-state index >= 15 is 0 Å². The summed E-state index contributed by atoms with van der Waals surface area (Å²) in [6.07, 6.45) is 2.82. The van der Waals surface area contributed by atoms with Crippen molar-refractivity contribution >= 4 is 39.7 Å². The standard InChI is InChI=1S/C24H34N4O2S/c1-16-25-21(15-31-16)23(29)27-22-19(8-7-13-30-6)18-10-9-17(14-20(18)26-22)28(5)12-11-24(2,3)4/h9-10,14-15,26H,7-8,11-13H2,1-6H3,(H,27,29). The number of nitrogens with one attached hydrogen (secondary N) is 2. The highest BCUT2D eigenvalue weighted by molar-refractivity contribution is 7.09. The molecule has 0 bridgehead atoms. The van der Waals surface area contributed by atoms with Crippen LogP contribution >= 0.6 is 11.3 Å². The number of aromatic amines is 1. The first-order chi connectivity index (χ1) is 14.7. The van der Waals surface area contributed by atoms with E-state index in [0.29, 0.717) is 17.7 Å². The lowest BCUT2D eigenvalue weighted by molar-refractivity contribution is 0.102.